The molecule has 0 N–H and O–H groups in total. The minimum atomic E-state index is 0.956. The fraction of sp³-hybridized carbons (Fsp3) is 0. The van der Waals surface area contributed by atoms with Crippen molar-refractivity contribution in [3.8, 4) is 22.4 Å². The van der Waals surface area contributed by atoms with Gasteiger partial charge in [-0.2, -0.15) is 0 Å². The van der Waals surface area contributed by atoms with E-state index < -0.39 is 0 Å². The van der Waals surface area contributed by atoms with E-state index >= 15 is 0 Å². The molecular weight excluding hydrogens is 218 g/mol. The fourth-order valence-corrected chi connectivity index (χ4v) is 1.94. The van der Waals surface area contributed by atoms with Gasteiger partial charge in [-0.15, -0.1) is 35.9 Å². The van der Waals surface area contributed by atoms with E-state index in [1.807, 2.05) is 54.7 Å². The molecule has 0 unspecified atom stereocenters. The Balaban J connectivity index is 2.05. The second-order valence-corrected chi connectivity index (χ2v) is 4.07. The van der Waals surface area contributed by atoms with Crippen molar-refractivity contribution < 1.29 is 0 Å². The normalized spacial score (nSPS) is 10.2. The molecule has 1 nitrogen and oxygen atoms in total. The Morgan fingerprint density at radius 3 is 2.39 bits per heavy atom. The van der Waals surface area contributed by atoms with Gasteiger partial charge in [0.2, 0.25) is 0 Å². The summed E-state index contributed by atoms with van der Waals surface area (Å²) >= 11 is 0. The number of nitrogens with zero attached hydrogens (tertiary/aromatic N) is 1. The van der Waals surface area contributed by atoms with Gasteiger partial charge in [0.25, 0.3) is 0 Å². The summed E-state index contributed by atoms with van der Waals surface area (Å²) in [4.78, 5) is 4.40. The van der Waals surface area contributed by atoms with Crippen LogP contribution in [0, 0.1) is 6.07 Å². The molecule has 0 radical (unpaired) electrons. The van der Waals surface area contributed by atoms with E-state index in [0.29, 0.717) is 0 Å². The van der Waals surface area contributed by atoms with Crippen molar-refractivity contribution >= 4 is 0 Å². The topological polar surface area (TPSA) is 12.9 Å². The largest absolute Gasteiger partial charge is 0.305 e. The summed E-state index contributed by atoms with van der Waals surface area (Å²) in [6.45, 7) is 0. The first kappa shape index (κ1) is 10.7. The molecular formula is C17H12N-. The van der Waals surface area contributed by atoms with Crippen molar-refractivity contribution in [2.24, 2.45) is 0 Å². The van der Waals surface area contributed by atoms with E-state index in [9.17, 15) is 0 Å². The van der Waals surface area contributed by atoms with Crippen molar-refractivity contribution in [1.82, 2.24) is 4.98 Å². The first-order chi connectivity index (χ1) is 8.93. The van der Waals surface area contributed by atoms with Crippen LogP contribution in [0.3, 0.4) is 0 Å². The van der Waals surface area contributed by atoms with Crippen molar-refractivity contribution in [2.75, 3.05) is 0 Å². The Morgan fingerprint density at radius 2 is 1.61 bits per heavy atom. The van der Waals surface area contributed by atoms with Crippen LogP contribution in [0.25, 0.3) is 22.4 Å². The molecule has 0 aliphatic heterocycles. The summed E-state index contributed by atoms with van der Waals surface area (Å²) in [5.41, 5.74) is 4.36. The highest BCUT2D eigenvalue weighted by Gasteiger charge is 1.97. The molecule has 0 bridgehead atoms. The van der Waals surface area contributed by atoms with Crippen molar-refractivity contribution in [1.29, 1.82) is 0 Å². The van der Waals surface area contributed by atoms with Crippen LogP contribution in [0.2, 0.25) is 0 Å². The van der Waals surface area contributed by atoms with E-state index in [0.717, 1.165) is 11.3 Å². The highest BCUT2D eigenvalue weighted by atomic mass is 14.7. The lowest BCUT2D eigenvalue weighted by Crippen LogP contribution is -1.85. The third-order valence-electron chi connectivity index (χ3n) is 2.85. The van der Waals surface area contributed by atoms with E-state index in [1.165, 1.54) is 11.1 Å². The van der Waals surface area contributed by atoms with Gasteiger partial charge in [0.15, 0.2) is 0 Å². The zero-order chi connectivity index (χ0) is 12.2. The molecule has 0 aliphatic rings. The average molecular weight is 230 g/mol. The first-order valence-corrected chi connectivity index (χ1v) is 5.92. The second-order valence-electron chi connectivity index (χ2n) is 4.07. The van der Waals surface area contributed by atoms with Crippen molar-refractivity contribution in [3.63, 3.8) is 0 Å². The lowest BCUT2D eigenvalue weighted by atomic mass is 10.0. The molecule has 0 aliphatic carbocycles. The summed E-state index contributed by atoms with van der Waals surface area (Å²) in [5, 5.41) is 0. The van der Waals surface area contributed by atoms with Crippen LogP contribution in [-0.4, -0.2) is 4.98 Å². The number of hydrogen-bond acceptors (Lipinski definition) is 1. The van der Waals surface area contributed by atoms with Crippen LogP contribution < -0.4 is 0 Å². The molecule has 0 saturated heterocycles. The van der Waals surface area contributed by atoms with Gasteiger partial charge in [-0.25, -0.2) is 0 Å². The van der Waals surface area contributed by atoms with Gasteiger partial charge in [-0.05, 0) is 22.9 Å². The fourth-order valence-electron chi connectivity index (χ4n) is 1.94. The highest BCUT2D eigenvalue weighted by molar-refractivity contribution is 5.69. The third kappa shape index (κ3) is 2.16. The lowest BCUT2D eigenvalue weighted by molar-refractivity contribution is 1.32. The van der Waals surface area contributed by atoms with Gasteiger partial charge in [0.05, 0.1) is 0 Å². The molecule has 2 aromatic carbocycles. The Kier molecular flexibility index (Phi) is 2.89. The number of pyridine rings is 1. The molecule has 3 rings (SSSR count). The maximum atomic E-state index is 4.40. The third-order valence-corrected chi connectivity index (χ3v) is 2.85. The molecule has 3 aromatic rings. The molecule has 86 valence electrons. The number of benzene rings is 2. The zero-order valence-corrected chi connectivity index (χ0v) is 9.88. The Hall–Kier alpha value is -2.41. The summed E-state index contributed by atoms with van der Waals surface area (Å²) in [6, 6.07) is 25.6. The molecule has 18 heavy (non-hydrogen) atoms. The first-order valence-electron chi connectivity index (χ1n) is 5.92. The summed E-state index contributed by atoms with van der Waals surface area (Å²) in [5.74, 6) is 0. The molecule has 1 heterocycles. The van der Waals surface area contributed by atoms with Crippen molar-refractivity contribution in [3.05, 3.63) is 79.0 Å². The van der Waals surface area contributed by atoms with E-state index in [4.69, 9.17) is 0 Å². The average Bonchev–Trinajstić information content (AvgIpc) is 2.49. The Morgan fingerprint density at radius 1 is 0.778 bits per heavy atom. The number of aromatic nitrogens is 1. The zero-order valence-electron chi connectivity index (χ0n) is 9.88. The molecule has 0 amide bonds. The van der Waals surface area contributed by atoms with E-state index in [-0.39, 0.29) is 0 Å². The predicted molar refractivity (Wildman–Crippen MR) is 73.9 cm³/mol. The highest BCUT2D eigenvalue weighted by Crippen LogP contribution is 2.23. The minimum Gasteiger partial charge on any atom is -0.305 e. The van der Waals surface area contributed by atoms with Gasteiger partial charge >= 0.3 is 0 Å². The molecule has 0 spiro atoms. The number of hydrogen-bond donors (Lipinski definition) is 0. The Labute approximate surface area is 107 Å². The van der Waals surface area contributed by atoms with Crippen LogP contribution in [-0.2, 0) is 0 Å². The van der Waals surface area contributed by atoms with Crippen LogP contribution in [0.15, 0.2) is 72.9 Å². The van der Waals surface area contributed by atoms with E-state index in [1.54, 1.807) is 0 Å². The maximum absolute atomic E-state index is 4.40. The Bertz CT molecular complexity index is 575. The second kappa shape index (κ2) is 4.84. The molecule has 1 heteroatoms. The van der Waals surface area contributed by atoms with Gasteiger partial charge in [0, 0.05) is 6.20 Å². The van der Waals surface area contributed by atoms with Crippen LogP contribution in [0.4, 0.5) is 0 Å². The molecule has 0 atom stereocenters. The molecule has 0 fully saturated rings. The van der Waals surface area contributed by atoms with Gasteiger partial charge in [0.1, 0.15) is 0 Å². The summed E-state index contributed by atoms with van der Waals surface area (Å²) < 4.78 is 0. The van der Waals surface area contributed by atoms with Crippen molar-refractivity contribution in [2.45, 2.75) is 0 Å². The van der Waals surface area contributed by atoms with Gasteiger partial charge in [-0.1, -0.05) is 36.4 Å². The minimum absolute atomic E-state index is 0.956. The molecule has 0 saturated carbocycles. The van der Waals surface area contributed by atoms with Gasteiger partial charge < -0.3 is 4.98 Å². The maximum Gasteiger partial charge on any atom is 0.0166 e. The van der Waals surface area contributed by atoms with Gasteiger partial charge in [-0.3, -0.25) is 0 Å². The van der Waals surface area contributed by atoms with Crippen LogP contribution in [0.1, 0.15) is 0 Å². The number of rotatable bonds is 2. The van der Waals surface area contributed by atoms with Crippen LogP contribution >= 0.6 is 0 Å². The van der Waals surface area contributed by atoms with E-state index in [2.05, 4.69) is 29.2 Å². The summed E-state index contributed by atoms with van der Waals surface area (Å²) in [6.07, 6.45) is 1.85. The monoisotopic (exact) mass is 230 g/mol. The quantitative estimate of drug-likeness (QED) is 0.601. The van der Waals surface area contributed by atoms with Crippen LogP contribution in [0.5, 0.6) is 0 Å². The molecule has 1 aromatic heterocycles. The lowest BCUT2D eigenvalue weighted by Gasteiger charge is -2.10. The standard InChI is InChI=1S/C17H12N/c1-3-7-14(8-4-1)16-11-12-18-17(13-16)15-9-5-2-6-10-15/h1-9,11-13H/q-1. The smallest absolute Gasteiger partial charge is 0.0166 e. The summed E-state index contributed by atoms with van der Waals surface area (Å²) in [7, 11) is 0. The SMILES string of the molecule is [c-]1ccccc1-c1cc(-c2ccccc2)ccn1. The predicted octanol–water partition coefficient (Wildman–Crippen LogP) is 4.22.